The third-order valence-electron chi connectivity index (χ3n) is 5.67. The smallest absolute Gasteiger partial charge is 0.226 e. The Hall–Kier alpha value is -1.44. The molecule has 0 radical (unpaired) electrons. The summed E-state index contributed by atoms with van der Waals surface area (Å²) in [6, 6.07) is 2.10. The third-order valence-corrected chi connectivity index (χ3v) is 6.41. The van der Waals surface area contributed by atoms with Crippen LogP contribution in [0.2, 0.25) is 0 Å². The number of piperidine rings is 1. The number of likely N-dealkylation sites (N-methyl/N-ethyl adjacent to an activating group) is 1. The lowest BCUT2D eigenvalue weighted by atomic mass is 9.98. The molecular formula is C20H31N3O3S. The Bertz CT molecular complexity index is 614. The highest BCUT2D eigenvalue weighted by Gasteiger charge is 2.32. The number of carbonyl (C=O) groups excluding carboxylic acids is 2. The molecule has 0 unspecified atom stereocenters. The molecule has 0 spiro atoms. The van der Waals surface area contributed by atoms with Crippen LogP contribution in [0.15, 0.2) is 16.8 Å². The summed E-state index contributed by atoms with van der Waals surface area (Å²) < 4.78 is 5.40. The number of methoxy groups -OCH3 is 1. The summed E-state index contributed by atoms with van der Waals surface area (Å²) in [5.74, 6) is 0.354. The van der Waals surface area contributed by atoms with Crippen LogP contribution in [0.1, 0.15) is 31.2 Å². The van der Waals surface area contributed by atoms with E-state index in [4.69, 9.17) is 4.74 Å². The Morgan fingerprint density at radius 3 is 2.67 bits per heavy atom. The first-order chi connectivity index (χ1) is 13.0. The average molecular weight is 394 g/mol. The predicted octanol–water partition coefficient (Wildman–Crippen LogP) is 1.75. The number of rotatable bonds is 5. The number of likely N-dealkylation sites (tertiary alicyclic amines) is 2. The molecule has 3 rings (SSSR count). The van der Waals surface area contributed by atoms with Gasteiger partial charge in [-0.05, 0) is 55.1 Å². The lowest BCUT2D eigenvalue weighted by Crippen LogP contribution is -2.45. The minimum atomic E-state index is 0.0212. The zero-order chi connectivity index (χ0) is 19.2. The molecule has 6 nitrogen and oxygen atoms in total. The van der Waals surface area contributed by atoms with Crippen molar-refractivity contribution in [3.63, 3.8) is 0 Å². The Morgan fingerprint density at radius 2 is 2.00 bits per heavy atom. The van der Waals surface area contributed by atoms with E-state index in [0.717, 1.165) is 57.4 Å². The van der Waals surface area contributed by atoms with Gasteiger partial charge in [-0.25, -0.2) is 0 Å². The van der Waals surface area contributed by atoms with E-state index in [1.165, 1.54) is 0 Å². The fourth-order valence-corrected chi connectivity index (χ4v) is 4.83. The molecule has 3 heterocycles. The highest BCUT2D eigenvalue weighted by atomic mass is 32.1. The molecule has 0 bridgehead atoms. The minimum Gasteiger partial charge on any atom is -0.381 e. The van der Waals surface area contributed by atoms with Crippen LogP contribution in [0.3, 0.4) is 0 Å². The number of nitrogens with zero attached hydrogens (tertiary/aromatic N) is 2. The first-order valence-electron chi connectivity index (χ1n) is 9.85. The van der Waals surface area contributed by atoms with E-state index in [1.54, 1.807) is 18.4 Å². The van der Waals surface area contributed by atoms with Gasteiger partial charge in [-0.1, -0.05) is 0 Å². The van der Waals surface area contributed by atoms with Gasteiger partial charge in [0, 0.05) is 39.3 Å². The fourth-order valence-electron chi connectivity index (χ4n) is 4.16. The molecule has 0 aromatic carbocycles. The van der Waals surface area contributed by atoms with E-state index in [1.807, 2.05) is 28.8 Å². The number of hydrogen-bond donors (Lipinski definition) is 1. The summed E-state index contributed by atoms with van der Waals surface area (Å²) in [4.78, 5) is 29.5. The second kappa shape index (κ2) is 9.66. The number of nitrogens with one attached hydrogen (secondary N) is 1. The van der Waals surface area contributed by atoms with E-state index >= 15 is 0 Å². The van der Waals surface area contributed by atoms with Gasteiger partial charge in [0.2, 0.25) is 11.8 Å². The largest absolute Gasteiger partial charge is 0.381 e. The molecule has 7 heteroatoms. The van der Waals surface area contributed by atoms with Crippen molar-refractivity contribution in [1.82, 2.24) is 15.1 Å². The van der Waals surface area contributed by atoms with Crippen molar-refractivity contribution in [2.75, 3.05) is 40.3 Å². The number of thiophene rings is 1. The zero-order valence-corrected chi connectivity index (χ0v) is 17.2. The SMILES string of the molecule is COC1CCN(C(=O)[C@@H]2CC[C@H](NC(=O)Cc3ccsc3)CN(C)C2)CC1. The predicted molar refractivity (Wildman–Crippen MR) is 107 cm³/mol. The van der Waals surface area contributed by atoms with Crippen molar-refractivity contribution in [1.29, 1.82) is 0 Å². The van der Waals surface area contributed by atoms with Crippen LogP contribution in [0.4, 0.5) is 0 Å². The molecule has 1 aromatic heterocycles. The maximum Gasteiger partial charge on any atom is 0.226 e. The van der Waals surface area contributed by atoms with Gasteiger partial charge in [0.05, 0.1) is 18.4 Å². The van der Waals surface area contributed by atoms with Crippen LogP contribution in [0.5, 0.6) is 0 Å². The number of hydrogen-bond acceptors (Lipinski definition) is 5. The molecular weight excluding hydrogens is 362 g/mol. The molecule has 2 fully saturated rings. The zero-order valence-electron chi connectivity index (χ0n) is 16.4. The highest BCUT2D eigenvalue weighted by molar-refractivity contribution is 7.08. The molecule has 150 valence electrons. The van der Waals surface area contributed by atoms with Gasteiger partial charge >= 0.3 is 0 Å². The number of amides is 2. The van der Waals surface area contributed by atoms with Crippen LogP contribution in [0, 0.1) is 5.92 Å². The first-order valence-corrected chi connectivity index (χ1v) is 10.8. The van der Waals surface area contributed by atoms with Crippen LogP contribution in [-0.4, -0.2) is 74.1 Å². The van der Waals surface area contributed by atoms with E-state index in [2.05, 4.69) is 10.2 Å². The van der Waals surface area contributed by atoms with E-state index < -0.39 is 0 Å². The fraction of sp³-hybridized carbons (Fsp3) is 0.700. The summed E-state index contributed by atoms with van der Waals surface area (Å²) in [5.41, 5.74) is 1.06. The maximum absolute atomic E-state index is 13.0. The second-order valence-corrected chi connectivity index (χ2v) is 8.61. The quantitative estimate of drug-likeness (QED) is 0.828. The molecule has 1 aromatic rings. The molecule has 2 amide bonds. The number of ether oxygens (including phenoxy) is 1. The summed E-state index contributed by atoms with van der Waals surface area (Å²) in [5, 5.41) is 7.17. The molecule has 2 atom stereocenters. The van der Waals surface area contributed by atoms with Gasteiger partial charge < -0.3 is 19.9 Å². The third kappa shape index (κ3) is 5.77. The lowest BCUT2D eigenvalue weighted by molar-refractivity contribution is -0.138. The highest BCUT2D eigenvalue weighted by Crippen LogP contribution is 2.22. The minimum absolute atomic E-state index is 0.0212. The van der Waals surface area contributed by atoms with Crippen molar-refractivity contribution < 1.29 is 14.3 Å². The Kier molecular flexibility index (Phi) is 7.26. The summed E-state index contributed by atoms with van der Waals surface area (Å²) in [6.45, 7) is 3.14. The van der Waals surface area contributed by atoms with Crippen molar-refractivity contribution in [2.45, 2.75) is 44.2 Å². The molecule has 2 aliphatic rings. The first kappa shape index (κ1) is 20.3. The standard InChI is InChI=1S/C20H31N3O3S/c1-22-12-16(20(25)23-8-5-18(26-2)6-9-23)3-4-17(13-22)21-19(24)11-15-7-10-27-14-15/h7,10,14,16-18H,3-6,8-9,11-13H2,1-2H3,(H,21,24)/t16-,17+/m1/s1. The molecule has 0 aliphatic carbocycles. The molecule has 27 heavy (non-hydrogen) atoms. The van der Waals surface area contributed by atoms with Crippen LogP contribution in [-0.2, 0) is 20.7 Å². The summed E-state index contributed by atoms with van der Waals surface area (Å²) >= 11 is 1.61. The molecule has 1 N–H and O–H groups in total. The van der Waals surface area contributed by atoms with Gasteiger partial charge in [-0.2, -0.15) is 11.3 Å². The van der Waals surface area contributed by atoms with Crippen molar-refractivity contribution >= 4 is 23.2 Å². The second-order valence-electron chi connectivity index (χ2n) is 7.83. The van der Waals surface area contributed by atoms with Crippen LogP contribution in [0.25, 0.3) is 0 Å². The Morgan fingerprint density at radius 1 is 1.22 bits per heavy atom. The topological polar surface area (TPSA) is 61.9 Å². The van der Waals surface area contributed by atoms with Gasteiger partial charge in [-0.15, -0.1) is 0 Å². The normalized spacial score (nSPS) is 25.2. The average Bonchev–Trinajstić information content (AvgIpc) is 3.09. The number of carbonyl (C=O) groups is 2. The Labute approximate surface area is 165 Å². The van der Waals surface area contributed by atoms with Gasteiger partial charge in [0.25, 0.3) is 0 Å². The maximum atomic E-state index is 13.0. The van der Waals surface area contributed by atoms with E-state index in [-0.39, 0.29) is 29.9 Å². The monoisotopic (exact) mass is 393 g/mol. The van der Waals surface area contributed by atoms with Crippen molar-refractivity contribution in [2.24, 2.45) is 5.92 Å². The lowest BCUT2D eigenvalue weighted by Gasteiger charge is -2.34. The summed E-state index contributed by atoms with van der Waals surface area (Å²) in [7, 11) is 3.79. The Balaban J connectivity index is 1.49. The molecule has 2 saturated heterocycles. The van der Waals surface area contributed by atoms with Crippen molar-refractivity contribution in [3.8, 4) is 0 Å². The van der Waals surface area contributed by atoms with Crippen LogP contribution < -0.4 is 5.32 Å². The van der Waals surface area contributed by atoms with Gasteiger partial charge in [0.15, 0.2) is 0 Å². The van der Waals surface area contributed by atoms with Crippen LogP contribution >= 0.6 is 11.3 Å². The van der Waals surface area contributed by atoms with E-state index in [9.17, 15) is 9.59 Å². The van der Waals surface area contributed by atoms with Gasteiger partial charge in [0.1, 0.15) is 0 Å². The van der Waals surface area contributed by atoms with Gasteiger partial charge in [-0.3, -0.25) is 9.59 Å². The molecule has 2 aliphatic heterocycles. The summed E-state index contributed by atoms with van der Waals surface area (Å²) in [6.07, 6.45) is 4.24. The van der Waals surface area contributed by atoms with E-state index in [0.29, 0.717) is 6.42 Å². The molecule has 0 saturated carbocycles. The van der Waals surface area contributed by atoms with Crippen molar-refractivity contribution in [3.05, 3.63) is 22.4 Å².